The minimum Gasteiger partial charge on any atom is -0.496 e. The predicted octanol–water partition coefficient (Wildman–Crippen LogP) is 3.12. The quantitative estimate of drug-likeness (QED) is 0.586. The van der Waals surface area contributed by atoms with Crippen LogP contribution in [-0.2, 0) is 11.3 Å². The maximum atomic E-state index is 11.6. The monoisotopic (exact) mass is 370 g/mol. The highest BCUT2D eigenvalue weighted by molar-refractivity contribution is 5.90. The molecule has 2 aromatic carbocycles. The Kier molecular flexibility index (Phi) is 5.55. The molecule has 8 heteroatoms. The van der Waals surface area contributed by atoms with Gasteiger partial charge in [-0.25, -0.2) is 4.79 Å². The van der Waals surface area contributed by atoms with Gasteiger partial charge in [0.2, 0.25) is 5.82 Å². The van der Waals surface area contributed by atoms with Crippen LogP contribution in [-0.4, -0.2) is 37.4 Å². The molecule has 0 aliphatic rings. The average Bonchev–Trinajstić information content (AvgIpc) is 3.20. The first-order valence-electron chi connectivity index (χ1n) is 8.01. The molecule has 3 rings (SSSR count). The van der Waals surface area contributed by atoms with Crippen LogP contribution < -0.4 is 14.2 Å². The topological polar surface area (TPSA) is 92.9 Å². The predicted molar refractivity (Wildman–Crippen MR) is 95.0 cm³/mol. The summed E-state index contributed by atoms with van der Waals surface area (Å²) in [5.74, 6) is 1.70. The molecule has 0 saturated carbocycles. The first-order chi connectivity index (χ1) is 13.2. The molecule has 0 amide bonds. The van der Waals surface area contributed by atoms with E-state index in [1.165, 1.54) is 20.3 Å². The maximum absolute atomic E-state index is 11.6. The fourth-order valence-electron chi connectivity index (χ4n) is 2.42. The maximum Gasteiger partial charge on any atom is 0.337 e. The second-order valence-electron chi connectivity index (χ2n) is 5.36. The van der Waals surface area contributed by atoms with Crippen LogP contribution in [0.25, 0.3) is 11.4 Å². The lowest BCUT2D eigenvalue weighted by atomic mass is 10.2. The number of methoxy groups -OCH3 is 3. The number of esters is 1. The number of benzene rings is 2. The van der Waals surface area contributed by atoms with Crippen molar-refractivity contribution in [2.24, 2.45) is 0 Å². The van der Waals surface area contributed by atoms with E-state index in [2.05, 4.69) is 14.9 Å². The van der Waals surface area contributed by atoms with Crippen molar-refractivity contribution in [3.05, 3.63) is 53.9 Å². The molecule has 0 radical (unpaired) electrons. The fraction of sp³-hybridized carbons (Fsp3) is 0.211. The van der Waals surface area contributed by atoms with Crippen molar-refractivity contribution in [2.45, 2.75) is 6.61 Å². The summed E-state index contributed by atoms with van der Waals surface area (Å²) in [5.41, 5.74) is 1.08. The number of hydrogen-bond donors (Lipinski definition) is 0. The fourth-order valence-corrected chi connectivity index (χ4v) is 2.42. The van der Waals surface area contributed by atoms with Crippen LogP contribution in [0.3, 0.4) is 0 Å². The summed E-state index contributed by atoms with van der Waals surface area (Å²) in [7, 11) is 4.37. The molecule has 1 aromatic heterocycles. The SMILES string of the molecule is COC(=O)c1ccc(OCc2nc(-c3ccccc3OC)no2)c(OC)c1. The molecule has 0 unspecified atom stereocenters. The summed E-state index contributed by atoms with van der Waals surface area (Å²) >= 11 is 0. The lowest BCUT2D eigenvalue weighted by molar-refractivity contribution is 0.0600. The number of nitrogens with zero attached hydrogens (tertiary/aromatic N) is 2. The molecule has 0 fully saturated rings. The van der Waals surface area contributed by atoms with E-state index in [4.69, 9.17) is 18.7 Å². The van der Waals surface area contributed by atoms with Gasteiger partial charge in [0, 0.05) is 0 Å². The van der Waals surface area contributed by atoms with Gasteiger partial charge in [-0.15, -0.1) is 0 Å². The zero-order valence-corrected chi connectivity index (χ0v) is 15.1. The number of carbonyl (C=O) groups excluding carboxylic acids is 1. The second kappa shape index (κ2) is 8.22. The van der Waals surface area contributed by atoms with Gasteiger partial charge in [0.25, 0.3) is 5.89 Å². The molecule has 0 aliphatic carbocycles. The van der Waals surface area contributed by atoms with Gasteiger partial charge < -0.3 is 23.5 Å². The van der Waals surface area contributed by atoms with Crippen LogP contribution in [0, 0.1) is 0 Å². The van der Waals surface area contributed by atoms with Gasteiger partial charge in [0.15, 0.2) is 18.1 Å². The molecule has 8 nitrogen and oxygen atoms in total. The summed E-state index contributed by atoms with van der Waals surface area (Å²) in [4.78, 5) is 15.9. The van der Waals surface area contributed by atoms with Gasteiger partial charge in [-0.2, -0.15) is 4.98 Å². The van der Waals surface area contributed by atoms with Crippen molar-refractivity contribution in [2.75, 3.05) is 21.3 Å². The Hall–Kier alpha value is -3.55. The van der Waals surface area contributed by atoms with Crippen LogP contribution in [0.1, 0.15) is 16.2 Å². The third-order valence-corrected chi connectivity index (χ3v) is 3.75. The minimum atomic E-state index is -0.460. The van der Waals surface area contributed by atoms with Crippen LogP contribution in [0.5, 0.6) is 17.2 Å². The van der Waals surface area contributed by atoms with Crippen molar-refractivity contribution in [1.29, 1.82) is 0 Å². The molecule has 0 spiro atoms. The second-order valence-corrected chi connectivity index (χ2v) is 5.36. The minimum absolute atomic E-state index is 0.0378. The highest BCUT2D eigenvalue weighted by Crippen LogP contribution is 2.30. The molecule has 3 aromatic rings. The molecule has 0 N–H and O–H groups in total. The Morgan fingerprint density at radius 1 is 1.00 bits per heavy atom. The van der Waals surface area contributed by atoms with E-state index in [0.717, 1.165) is 5.56 Å². The Bertz CT molecular complexity index is 937. The van der Waals surface area contributed by atoms with Gasteiger partial charge in [0.1, 0.15) is 5.75 Å². The van der Waals surface area contributed by atoms with Gasteiger partial charge >= 0.3 is 5.97 Å². The Morgan fingerprint density at radius 3 is 2.52 bits per heavy atom. The van der Waals surface area contributed by atoms with Crippen molar-refractivity contribution in [1.82, 2.24) is 10.1 Å². The number of ether oxygens (including phenoxy) is 4. The average molecular weight is 370 g/mol. The van der Waals surface area contributed by atoms with E-state index in [1.54, 1.807) is 19.2 Å². The van der Waals surface area contributed by atoms with E-state index in [9.17, 15) is 4.79 Å². The van der Waals surface area contributed by atoms with Crippen molar-refractivity contribution >= 4 is 5.97 Å². The summed E-state index contributed by atoms with van der Waals surface area (Å²) < 4.78 is 26.2. The molecule has 0 atom stereocenters. The highest BCUT2D eigenvalue weighted by atomic mass is 16.5. The molecule has 0 bridgehead atoms. The van der Waals surface area contributed by atoms with Crippen LogP contribution in [0.2, 0.25) is 0 Å². The van der Waals surface area contributed by atoms with Crippen molar-refractivity contribution < 1.29 is 28.3 Å². The van der Waals surface area contributed by atoms with Gasteiger partial charge in [-0.1, -0.05) is 17.3 Å². The Labute approximate surface area is 155 Å². The molecule has 140 valence electrons. The van der Waals surface area contributed by atoms with Gasteiger partial charge in [-0.3, -0.25) is 0 Å². The van der Waals surface area contributed by atoms with Gasteiger partial charge in [-0.05, 0) is 30.3 Å². The largest absolute Gasteiger partial charge is 0.496 e. The zero-order chi connectivity index (χ0) is 19.2. The van der Waals surface area contributed by atoms with Crippen LogP contribution >= 0.6 is 0 Å². The molecule has 0 saturated heterocycles. The van der Waals surface area contributed by atoms with E-state index in [0.29, 0.717) is 28.6 Å². The normalized spacial score (nSPS) is 10.3. The Morgan fingerprint density at radius 2 is 1.78 bits per heavy atom. The summed E-state index contributed by atoms with van der Waals surface area (Å²) in [6.45, 7) is 0.0378. The highest BCUT2D eigenvalue weighted by Gasteiger charge is 2.15. The smallest absolute Gasteiger partial charge is 0.337 e. The van der Waals surface area contributed by atoms with E-state index in [-0.39, 0.29) is 12.5 Å². The first kappa shape index (κ1) is 18.2. The summed E-state index contributed by atoms with van der Waals surface area (Å²) in [5, 5.41) is 3.96. The molecular formula is C19H18N2O6. The summed E-state index contributed by atoms with van der Waals surface area (Å²) in [6, 6.07) is 12.1. The molecule has 27 heavy (non-hydrogen) atoms. The number of rotatable bonds is 7. The van der Waals surface area contributed by atoms with Crippen LogP contribution in [0.4, 0.5) is 0 Å². The number of aromatic nitrogens is 2. The summed E-state index contributed by atoms with van der Waals surface area (Å²) in [6.07, 6.45) is 0. The molecule has 0 aliphatic heterocycles. The zero-order valence-electron chi connectivity index (χ0n) is 15.1. The molecule has 1 heterocycles. The van der Waals surface area contributed by atoms with Crippen molar-refractivity contribution in [3.63, 3.8) is 0 Å². The molecular weight excluding hydrogens is 352 g/mol. The Balaban J connectivity index is 1.74. The number of hydrogen-bond acceptors (Lipinski definition) is 8. The number of carbonyl (C=O) groups is 1. The standard InChI is InChI=1S/C19H18N2O6/c1-23-14-7-5-4-6-13(14)18-20-17(27-21-18)11-26-15-9-8-12(19(22)25-3)10-16(15)24-2/h4-10H,11H2,1-3H3. The van der Waals surface area contributed by atoms with E-state index in [1.807, 2.05) is 24.3 Å². The lowest BCUT2D eigenvalue weighted by Crippen LogP contribution is -2.03. The van der Waals surface area contributed by atoms with Crippen LogP contribution in [0.15, 0.2) is 47.0 Å². The third kappa shape index (κ3) is 4.00. The van der Waals surface area contributed by atoms with E-state index < -0.39 is 5.97 Å². The van der Waals surface area contributed by atoms with E-state index >= 15 is 0 Å². The van der Waals surface area contributed by atoms with Crippen molar-refractivity contribution in [3.8, 4) is 28.6 Å². The third-order valence-electron chi connectivity index (χ3n) is 3.75. The first-order valence-corrected chi connectivity index (χ1v) is 8.01. The van der Waals surface area contributed by atoms with Gasteiger partial charge in [0.05, 0.1) is 32.5 Å². The number of para-hydroxylation sites is 1. The lowest BCUT2D eigenvalue weighted by Gasteiger charge is -2.10.